The highest BCUT2D eigenvalue weighted by Gasteiger charge is 2.12. The van der Waals surface area contributed by atoms with Gasteiger partial charge in [0, 0.05) is 16.1 Å². The Morgan fingerprint density at radius 3 is 2.51 bits per heavy atom. The smallest absolute Gasteiger partial charge is 0.248 e. The van der Waals surface area contributed by atoms with Crippen molar-refractivity contribution in [2.75, 3.05) is 12.4 Å². The molecule has 6 nitrogen and oxygen atoms in total. The zero-order chi connectivity index (χ0) is 24.9. The monoisotopic (exact) mass is 616 g/mol. The summed E-state index contributed by atoms with van der Waals surface area (Å²) in [6, 6.07) is 15.4. The van der Waals surface area contributed by atoms with Gasteiger partial charge in [-0.1, -0.05) is 53.0 Å². The number of fused-ring (bicyclic) bond motifs is 1. The molecule has 1 aromatic heterocycles. The largest absolute Gasteiger partial charge is 0.495 e. The van der Waals surface area contributed by atoms with E-state index in [2.05, 4.69) is 66.4 Å². The van der Waals surface area contributed by atoms with Gasteiger partial charge >= 0.3 is 0 Å². The number of amides is 1. The van der Waals surface area contributed by atoms with E-state index >= 15 is 0 Å². The average molecular weight is 619 g/mol. The number of halogens is 3. The van der Waals surface area contributed by atoms with E-state index in [0.29, 0.717) is 27.5 Å². The standard InChI is InChI=1S/C26H23Br2ClN4O2/c1-3-4-5-16-6-9-19(10-7-16)33-31-23-14-21(29)22(15-24(23)32-33)30-25(34)11-8-17-12-18(27)13-20(28)26(17)35-2/h6-15H,3-5H2,1-2H3,(H,30,34). The summed E-state index contributed by atoms with van der Waals surface area (Å²) in [5.74, 6) is 0.297. The molecular weight excluding hydrogens is 596 g/mol. The summed E-state index contributed by atoms with van der Waals surface area (Å²) >= 11 is 13.3. The van der Waals surface area contributed by atoms with Gasteiger partial charge in [-0.3, -0.25) is 4.79 Å². The molecule has 0 aliphatic heterocycles. The maximum Gasteiger partial charge on any atom is 0.248 e. The summed E-state index contributed by atoms with van der Waals surface area (Å²) < 4.78 is 7.06. The van der Waals surface area contributed by atoms with Crippen molar-refractivity contribution in [2.24, 2.45) is 0 Å². The Morgan fingerprint density at radius 1 is 1.11 bits per heavy atom. The van der Waals surface area contributed by atoms with E-state index in [0.717, 1.165) is 26.6 Å². The minimum Gasteiger partial charge on any atom is -0.495 e. The molecule has 0 spiro atoms. The van der Waals surface area contributed by atoms with Gasteiger partial charge in [0.1, 0.15) is 16.8 Å². The quantitative estimate of drug-likeness (QED) is 0.207. The summed E-state index contributed by atoms with van der Waals surface area (Å²) in [5, 5.41) is 12.3. The lowest BCUT2D eigenvalue weighted by Crippen LogP contribution is -2.08. The number of nitrogens with zero attached hydrogens (tertiary/aromatic N) is 3. The molecule has 0 fully saturated rings. The van der Waals surface area contributed by atoms with Crippen molar-refractivity contribution in [3.05, 3.63) is 79.7 Å². The highest BCUT2D eigenvalue weighted by atomic mass is 79.9. The summed E-state index contributed by atoms with van der Waals surface area (Å²) in [7, 11) is 1.58. The maximum atomic E-state index is 12.6. The molecule has 0 saturated carbocycles. The fraction of sp³-hybridized carbons (Fsp3) is 0.192. The molecule has 180 valence electrons. The third-order valence-electron chi connectivity index (χ3n) is 5.37. The van der Waals surface area contributed by atoms with E-state index in [4.69, 9.17) is 16.3 Å². The van der Waals surface area contributed by atoms with Crippen LogP contribution >= 0.6 is 43.5 Å². The molecule has 1 heterocycles. The van der Waals surface area contributed by atoms with Gasteiger partial charge in [-0.05, 0) is 76.8 Å². The first-order valence-electron chi connectivity index (χ1n) is 11.1. The molecule has 0 unspecified atom stereocenters. The second kappa shape index (κ2) is 11.4. The van der Waals surface area contributed by atoms with Crippen LogP contribution in [0.1, 0.15) is 30.9 Å². The number of nitrogens with one attached hydrogen (secondary N) is 1. The molecule has 4 aromatic rings. The number of anilines is 1. The van der Waals surface area contributed by atoms with Crippen LogP contribution in [0.5, 0.6) is 5.75 Å². The highest BCUT2D eigenvalue weighted by molar-refractivity contribution is 9.11. The third kappa shape index (κ3) is 6.12. The first kappa shape index (κ1) is 25.4. The molecule has 4 rings (SSSR count). The van der Waals surface area contributed by atoms with E-state index in [-0.39, 0.29) is 5.91 Å². The molecule has 3 aromatic carbocycles. The van der Waals surface area contributed by atoms with Gasteiger partial charge in [-0.2, -0.15) is 4.80 Å². The predicted octanol–water partition coefficient (Wildman–Crippen LogP) is 7.60. The van der Waals surface area contributed by atoms with Gasteiger partial charge in [0.2, 0.25) is 5.91 Å². The zero-order valence-corrected chi connectivity index (χ0v) is 23.1. The average Bonchev–Trinajstić information content (AvgIpc) is 3.24. The van der Waals surface area contributed by atoms with Gasteiger partial charge < -0.3 is 10.1 Å². The van der Waals surface area contributed by atoms with Crippen molar-refractivity contribution in [1.29, 1.82) is 0 Å². The predicted molar refractivity (Wildman–Crippen MR) is 149 cm³/mol. The summed E-state index contributed by atoms with van der Waals surface area (Å²) in [5.41, 5.74) is 4.62. The van der Waals surface area contributed by atoms with Gasteiger partial charge in [0.15, 0.2) is 0 Å². The van der Waals surface area contributed by atoms with Gasteiger partial charge in [-0.15, -0.1) is 10.2 Å². The van der Waals surface area contributed by atoms with Gasteiger partial charge in [0.05, 0.1) is 28.0 Å². The number of aromatic nitrogens is 3. The topological polar surface area (TPSA) is 69.0 Å². The minimum atomic E-state index is -0.334. The van der Waals surface area contributed by atoms with Crippen molar-refractivity contribution in [3.63, 3.8) is 0 Å². The Hall–Kier alpha value is -2.68. The lowest BCUT2D eigenvalue weighted by molar-refractivity contribution is -0.111. The van der Waals surface area contributed by atoms with E-state index < -0.39 is 0 Å². The number of benzene rings is 3. The van der Waals surface area contributed by atoms with Crippen LogP contribution in [0, 0.1) is 0 Å². The second-order valence-corrected chi connectivity index (χ2v) is 10.1. The number of methoxy groups -OCH3 is 1. The number of hydrogen-bond donors (Lipinski definition) is 1. The van der Waals surface area contributed by atoms with Crippen molar-refractivity contribution < 1.29 is 9.53 Å². The molecule has 0 bridgehead atoms. The van der Waals surface area contributed by atoms with Crippen LogP contribution in [0.15, 0.2) is 63.6 Å². The van der Waals surface area contributed by atoms with Crippen molar-refractivity contribution in [1.82, 2.24) is 15.0 Å². The SMILES string of the molecule is CCCCc1ccc(-n2nc3cc(Cl)c(NC(=O)C=Cc4cc(Br)cc(Br)c4OC)cc3n2)cc1. The fourth-order valence-electron chi connectivity index (χ4n) is 3.59. The second-order valence-electron chi connectivity index (χ2n) is 7.91. The van der Waals surface area contributed by atoms with Crippen molar-refractivity contribution in [2.45, 2.75) is 26.2 Å². The van der Waals surface area contributed by atoms with Crippen LogP contribution in [-0.2, 0) is 11.2 Å². The van der Waals surface area contributed by atoms with E-state index in [1.807, 2.05) is 24.3 Å². The lowest BCUT2D eigenvalue weighted by Gasteiger charge is -2.08. The molecule has 1 amide bonds. The van der Waals surface area contributed by atoms with Crippen LogP contribution < -0.4 is 10.1 Å². The van der Waals surface area contributed by atoms with Crippen LogP contribution in [0.3, 0.4) is 0 Å². The molecule has 9 heteroatoms. The zero-order valence-electron chi connectivity index (χ0n) is 19.2. The van der Waals surface area contributed by atoms with Crippen LogP contribution in [0.25, 0.3) is 22.8 Å². The Morgan fingerprint density at radius 2 is 1.83 bits per heavy atom. The summed E-state index contributed by atoms with van der Waals surface area (Å²) in [6.07, 6.45) is 6.49. The number of rotatable bonds is 8. The van der Waals surface area contributed by atoms with Crippen LogP contribution in [0.2, 0.25) is 5.02 Å². The lowest BCUT2D eigenvalue weighted by atomic mass is 10.1. The van der Waals surface area contributed by atoms with Crippen molar-refractivity contribution >= 4 is 72.2 Å². The molecule has 0 aliphatic rings. The Labute approximate surface area is 225 Å². The van der Waals surface area contributed by atoms with Gasteiger partial charge in [-0.25, -0.2) is 0 Å². The summed E-state index contributed by atoms with van der Waals surface area (Å²) in [4.78, 5) is 14.2. The molecular formula is C26H23Br2ClN4O2. The van der Waals surface area contributed by atoms with Crippen molar-refractivity contribution in [3.8, 4) is 11.4 Å². The Kier molecular flexibility index (Phi) is 8.26. The molecule has 1 N–H and O–H groups in total. The number of unbranched alkanes of at least 4 members (excludes halogenated alkanes) is 1. The van der Waals surface area contributed by atoms with Gasteiger partial charge in [0.25, 0.3) is 0 Å². The van der Waals surface area contributed by atoms with E-state index in [1.165, 1.54) is 24.5 Å². The number of carbonyl (C=O) groups excluding carboxylic acids is 1. The molecule has 0 atom stereocenters. The third-order valence-corrected chi connectivity index (χ3v) is 6.73. The normalized spacial score (nSPS) is 11.3. The maximum absolute atomic E-state index is 12.6. The highest BCUT2D eigenvalue weighted by Crippen LogP contribution is 2.33. The Bertz CT molecular complexity index is 1400. The molecule has 0 aliphatic carbocycles. The number of carbonyl (C=O) groups is 1. The molecule has 35 heavy (non-hydrogen) atoms. The number of aryl methyl sites for hydroxylation is 1. The first-order valence-corrected chi connectivity index (χ1v) is 13.0. The first-order chi connectivity index (χ1) is 16.9. The summed E-state index contributed by atoms with van der Waals surface area (Å²) in [6.45, 7) is 2.18. The number of hydrogen-bond acceptors (Lipinski definition) is 4. The molecule has 0 radical (unpaired) electrons. The fourth-order valence-corrected chi connectivity index (χ4v) is 5.21. The minimum absolute atomic E-state index is 0.334. The van der Waals surface area contributed by atoms with E-state index in [1.54, 1.807) is 30.1 Å². The Balaban J connectivity index is 1.53. The van der Waals surface area contributed by atoms with Crippen LogP contribution in [0.4, 0.5) is 5.69 Å². The number of ether oxygens (including phenoxy) is 1. The van der Waals surface area contributed by atoms with E-state index in [9.17, 15) is 4.79 Å². The van der Waals surface area contributed by atoms with Crippen LogP contribution in [-0.4, -0.2) is 28.0 Å². The molecule has 0 saturated heterocycles.